The molecule has 0 amide bonds. The fraction of sp³-hybridized carbons (Fsp3) is 0.462. The summed E-state index contributed by atoms with van der Waals surface area (Å²) in [5.74, 6) is -3.14. The standard InChI is InChI=1S/C26H30N2O9/c1-9-21(31)13(27)6-16(36-9)37-15-8-26(28,10(2)29)7-12-18(15)25(35)20-19(23(12)33)22(32)11-4-3-5-14(30)17(11)24(20)34/h3-5,9-10,13,15-16,21,29-31,33,35H,6-8,27-28H2,1-2H3/t9-,10?,13+,15?,16+,21+,26?/m1/s1. The van der Waals surface area contributed by atoms with E-state index >= 15 is 0 Å². The molecule has 1 aliphatic heterocycles. The van der Waals surface area contributed by atoms with E-state index in [0.29, 0.717) is 0 Å². The number of rotatable bonds is 3. The van der Waals surface area contributed by atoms with Crippen LogP contribution in [-0.4, -0.2) is 73.3 Å². The molecule has 1 fully saturated rings. The van der Waals surface area contributed by atoms with Gasteiger partial charge in [-0.05, 0) is 32.8 Å². The number of benzene rings is 2. The maximum absolute atomic E-state index is 13.4. The number of fused-ring (bicyclic) bond motifs is 3. The lowest BCUT2D eigenvalue weighted by molar-refractivity contribution is -0.244. The van der Waals surface area contributed by atoms with Crippen LogP contribution in [0.3, 0.4) is 0 Å². The van der Waals surface area contributed by atoms with Crippen LogP contribution in [0.4, 0.5) is 0 Å². The highest BCUT2D eigenvalue weighted by atomic mass is 16.7. The normalized spacial score (nSPS) is 31.9. The maximum atomic E-state index is 13.4. The molecule has 1 heterocycles. The van der Waals surface area contributed by atoms with Crippen molar-refractivity contribution in [1.82, 2.24) is 0 Å². The summed E-state index contributed by atoms with van der Waals surface area (Å²) in [6.45, 7) is 3.11. The van der Waals surface area contributed by atoms with E-state index in [1.807, 2.05) is 0 Å². The van der Waals surface area contributed by atoms with E-state index in [9.17, 15) is 35.1 Å². The zero-order chi connectivity index (χ0) is 27.0. The van der Waals surface area contributed by atoms with Gasteiger partial charge in [0.15, 0.2) is 12.1 Å². The number of phenols is 3. The second kappa shape index (κ2) is 8.76. The highest BCUT2D eigenvalue weighted by Crippen LogP contribution is 2.52. The molecule has 2 aromatic rings. The summed E-state index contributed by atoms with van der Waals surface area (Å²) in [6, 6.07) is 3.35. The molecule has 198 valence electrons. The quantitative estimate of drug-likeness (QED) is 0.239. The average molecular weight is 515 g/mol. The van der Waals surface area contributed by atoms with Crippen LogP contribution >= 0.6 is 0 Å². The minimum absolute atomic E-state index is 0.0283. The van der Waals surface area contributed by atoms with Crippen molar-refractivity contribution < 1.29 is 44.6 Å². The van der Waals surface area contributed by atoms with Crippen molar-refractivity contribution in [2.45, 2.75) is 75.4 Å². The molecule has 5 rings (SSSR count). The molecule has 0 spiro atoms. The first kappa shape index (κ1) is 25.6. The van der Waals surface area contributed by atoms with Gasteiger partial charge < -0.3 is 46.5 Å². The number of hydrogen-bond donors (Lipinski definition) is 7. The molecule has 11 nitrogen and oxygen atoms in total. The summed E-state index contributed by atoms with van der Waals surface area (Å²) < 4.78 is 11.9. The molecule has 0 radical (unpaired) electrons. The summed E-state index contributed by atoms with van der Waals surface area (Å²) in [5, 5.41) is 53.7. The smallest absolute Gasteiger partial charge is 0.202 e. The van der Waals surface area contributed by atoms with E-state index in [1.54, 1.807) is 6.92 Å². The highest BCUT2D eigenvalue weighted by Gasteiger charge is 2.48. The molecular formula is C26H30N2O9. The number of phenolic OH excluding ortho intramolecular Hbond substituents is 3. The summed E-state index contributed by atoms with van der Waals surface area (Å²) >= 11 is 0. The molecule has 3 aliphatic rings. The first-order valence-electron chi connectivity index (χ1n) is 12.1. The van der Waals surface area contributed by atoms with Crippen molar-refractivity contribution in [1.29, 1.82) is 0 Å². The van der Waals surface area contributed by atoms with Crippen molar-refractivity contribution in [2.75, 3.05) is 0 Å². The molecule has 0 saturated carbocycles. The molecule has 0 aromatic heterocycles. The van der Waals surface area contributed by atoms with Crippen LogP contribution in [-0.2, 0) is 15.9 Å². The fourth-order valence-corrected chi connectivity index (χ4v) is 5.63. The third-order valence-corrected chi connectivity index (χ3v) is 7.85. The number of ketones is 2. The predicted octanol–water partition coefficient (Wildman–Crippen LogP) is 0.484. The number of aliphatic hydroxyl groups excluding tert-OH is 2. The molecule has 0 bridgehead atoms. The van der Waals surface area contributed by atoms with E-state index in [1.165, 1.54) is 25.1 Å². The molecular weight excluding hydrogens is 484 g/mol. The number of carbonyl (C=O) groups excluding carboxylic acids is 2. The fourth-order valence-electron chi connectivity index (χ4n) is 5.63. The predicted molar refractivity (Wildman–Crippen MR) is 128 cm³/mol. The maximum Gasteiger partial charge on any atom is 0.202 e. The zero-order valence-electron chi connectivity index (χ0n) is 20.3. The van der Waals surface area contributed by atoms with Crippen molar-refractivity contribution in [3.63, 3.8) is 0 Å². The minimum atomic E-state index is -1.32. The van der Waals surface area contributed by atoms with E-state index in [0.717, 1.165) is 0 Å². The van der Waals surface area contributed by atoms with E-state index in [2.05, 4.69) is 0 Å². The Bertz CT molecular complexity index is 1300. The lowest BCUT2D eigenvalue weighted by atomic mass is 9.70. The van der Waals surface area contributed by atoms with Gasteiger partial charge in [0.1, 0.15) is 17.2 Å². The Kier molecular flexibility index (Phi) is 6.06. The number of carbonyl (C=O) groups is 2. The van der Waals surface area contributed by atoms with Gasteiger partial charge in [-0.2, -0.15) is 0 Å². The minimum Gasteiger partial charge on any atom is -0.507 e. The number of hydrogen-bond acceptors (Lipinski definition) is 11. The summed E-state index contributed by atoms with van der Waals surface area (Å²) in [4.78, 5) is 26.8. The average Bonchev–Trinajstić information content (AvgIpc) is 2.82. The molecule has 37 heavy (non-hydrogen) atoms. The largest absolute Gasteiger partial charge is 0.507 e. The molecule has 2 aliphatic carbocycles. The second-order valence-corrected chi connectivity index (χ2v) is 10.3. The van der Waals surface area contributed by atoms with Gasteiger partial charge in [0.2, 0.25) is 5.78 Å². The molecule has 9 N–H and O–H groups in total. The van der Waals surface area contributed by atoms with Gasteiger partial charge in [0, 0.05) is 34.7 Å². The van der Waals surface area contributed by atoms with Gasteiger partial charge in [-0.25, -0.2) is 0 Å². The van der Waals surface area contributed by atoms with Crippen LogP contribution in [0.15, 0.2) is 18.2 Å². The summed E-state index contributed by atoms with van der Waals surface area (Å²) in [7, 11) is 0. The first-order valence-corrected chi connectivity index (χ1v) is 12.1. The molecule has 7 atom stereocenters. The van der Waals surface area contributed by atoms with Crippen molar-refractivity contribution in [2.24, 2.45) is 11.5 Å². The molecule has 1 saturated heterocycles. The van der Waals surface area contributed by atoms with Gasteiger partial charge in [-0.15, -0.1) is 0 Å². The van der Waals surface area contributed by atoms with E-state index in [4.69, 9.17) is 20.9 Å². The Morgan fingerprint density at radius 1 is 1.11 bits per heavy atom. The van der Waals surface area contributed by atoms with Gasteiger partial charge in [0.25, 0.3) is 0 Å². The SMILES string of the molecule is CC(O)C1(N)Cc2c(O)c3c(c(O)c2C(O[C@H]2C[C@H](N)[C@@H](O)[C@@H](C)O2)C1)C(=O)c1c(O)cccc1C3=O. The number of nitrogens with two attached hydrogens (primary N) is 2. The Labute approximate surface area is 212 Å². The van der Waals surface area contributed by atoms with Crippen molar-refractivity contribution in [3.8, 4) is 17.2 Å². The number of ether oxygens (including phenoxy) is 2. The van der Waals surface area contributed by atoms with Crippen LogP contribution in [0.1, 0.15) is 75.8 Å². The molecule has 3 unspecified atom stereocenters. The Morgan fingerprint density at radius 2 is 1.78 bits per heavy atom. The number of aliphatic hydroxyl groups is 2. The third-order valence-electron chi connectivity index (χ3n) is 7.85. The van der Waals surface area contributed by atoms with Crippen molar-refractivity contribution in [3.05, 3.63) is 51.6 Å². The zero-order valence-corrected chi connectivity index (χ0v) is 20.3. The summed E-state index contributed by atoms with van der Waals surface area (Å²) in [5.41, 5.74) is 10.1. The van der Waals surface area contributed by atoms with Crippen LogP contribution in [0.5, 0.6) is 17.2 Å². The van der Waals surface area contributed by atoms with E-state index < -0.39 is 82.2 Å². The second-order valence-electron chi connectivity index (χ2n) is 10.3. The lowest BCUT2D eigenvalue weighted by Gasteiger charge is -2.44. The van der Waals surface area contributed by atoms with Crippen LogP contribution in [0, 0.1) is 0 Å². The first-order chi connectivity index (χ1) is 17.4. The highest BCUT2D eigenvalue weighted by molar-refractivity contribution is 6.31. The lowest BCUT2D eigenvalue weighted by Crippen LogP contribution is -2.56. The van der Waals surface area contributed by atoms with Gasteiger partial charge in [-0.1, -0.05) is 12.1 Å². The third kappa shape index (κ3) is 3.81. The number of aromatic hydroxyl groups is 3. The monoisotopic (exact) mass is 514 g/mol. The Hall–Kier alpha value is -3.06. The molecule has 2 aromatic carbocycles. The van der Waals surface area contributed by atoms with Crippen LogP contribution < -0.4 is 11.5 Å². The summed E-state index contributed by atoms with van der Waals surface area (Å²) in [6.07, 6.45) is -4.68. The van der Waals surface area contributed by atoms with Gasteiger partial charge in [-0.3, -0.25) is 9.59 Å². The Balaban J connectivity index is 1.67. The van der Waals surface area contributed by atoms with Crippen LogP contribution in [0.2, 0.25) is 0 Å². The topological polar surface area (TPSA) is 206 Å². The van der Waals surface area contributed by atoms with Crippen molar-refractivity contribution >= 4 is 11.6 Å². The van der Waals surface area contributed by atoms with Crippen LogP contribution in [0.25, 0.3) is 0 Å². The van der Waals surface area contributed by atoms with Gasteiger partial charge >= 0.3 is 0 Å². The van der Waals surface area contributed by atoms with E-state index in [-0.39, 0.29) is 41.5 Å². The Morgan fingerprint density at radius 3 is 2.43 bits per heavy atom. The van der Waals surface area contributed by atoms with Gasteiger partial charge in [0.05, 0.1) is 41.1 Å². The molecule has 11 heteroatoms.